The van der Waals surface area contributed by atoms with Gasteiger partial charge in [-0.3, -0.25) is 14.6 Å². The van der Waals surface area contributed by atoms with Crippen LogP contribution >= 0.6 is 0 Å². The van der Waals surface area contributed by atoms with Crippen LogP contribution in [0.3, 0.4) is 0 Å². The predicted molar refractivity (Wildman–Crippen MR) is 144 cm³/mol. The first-order valence-corrected chi connectivity index (χ1v) is 13.8. The van der Waals surface area contributed by atoms with Crippen molar-refractivity contribution < 1.29 is 13.2 Å². The molecule has 1 amide bonds. The van der Waals surface area contributed by atoms with Gasteiger partial charge in [-0.1, -0.05) is 18.2 Å². The smallest absolute Gasteiger partial charge is 0.251 e. The second kappa shape index (κ2) is 10.4. The largest absolute Gasteiger partial charge is 0.348 e. The van der Waals surface area contributed by atoms with Crippen molar-refractivity contribution in [3.05, 3.63) is 124 Å². The Bertz CT molecular complexity index is 1810. The van der Waals surface area contributed by atoms with E-state index in [0.717, 1.165) is 28.4 Å². The van der Waals surface area contributed by atoms with Gasteiger partial charge in [0.05, 0.1) is 11.4 Å². The van der Waals surface area contributed by atoms with Gasteiger partial charge in [-0.15, -0.1) is 0 Å². The van der Waals surface area contributed by atoms with Crippen LogP contribution in [-0.4, -0.2) is 40.1 Å². The molecule has 0 aliphatic heterocycles. The highest BCUT2D eigenvalue weighted by Crippen LogP contribution is 2.21. The zero-order chi connectivity index (χ0) is 26.7. The molecule has 0 atom stereocenters. The highest BCUT2D eigenvalue weighted by Gasteiger charge is 2.16. The average molecular weight is 528 g/mol. The van der Waals surface area contributed by atoms with E-state index in [1.165, 1.54) is 10.6 Å². The third-order valence-electron chi connectivity index (χ3n) is 6.14. The number of H-pyrrole nitrogens is 1. The van der Waals surface area contributed by atoms with Crippen LogP contribution < -0.4 is 10.9 Å². The molecule has 0 aliphatic rings. The van der Waals surface area contributed by atoms with Gasteiger partial charge in [0, 0.05) is 66.7 Å². The zero-order valence-electron chi connectivity index (χ0n) is 20.6. The Labute approximate surface area is 219 Å². The van der Waals surface area contributed by atoms with Crippen molar-refractivity contribution in [3.63, 3.8) is 0 Å². The first-order chi connectivity index (χ1) is 18.3. The molecule has 0 fully saturated rings. The molecule has 0 radical (unpaired) electrons. The quantitative estimate of drug-likeness (QED) is 0.319. The number of pyridine rings is 3. The summed E-state index contributed by atoms with van der Waals surface area (Å²) in [6, 6.07) is 17.2. The summed E-state index contributed by atoms with van der Waals surface area (Å²) in [4.78, 5) is 36.8. The maximum absolute atomic E-state index is 12.8. The number of carbonyl (C=O) groups excluding carboxylic acids is 1. The average Bonchev–Trinajstić information content (AvgIpc) is 3.37. The van der Waals surface area contributed by atoms with Crippen molar-refractivity contribution in [1.29, 1.82) is 0 Å². The summed E-state index contributed by atoms with van der Waals surface area (Å²) < 4.78 is 26.6. The number of sulfone groups is 1. The number of carbonyl (C=O) groups is 1. The third-order valence-corrected chi connectivity index (χ3v) is 7.32. The van der Waals surface area contributed by atoms with Crippen molar-refractivity contribution in [2.45, 2.75) is 24.4 Å². The fraction of sp³-hybridized carbons (Fsp3) is 0.143. The molecular weight excluding hydrogens is 502 g/mol. The summed E-state index contributed by atoms with van der Waals surface area (Å²) in [5.74, 6) is -0.247. The highest BCUT2D eigenvalue weighted by atomic mass is 32.2. The number of rotatable bonds is 8. The van der Waals surface area contributed by atoms with Crippen LogP contribution in [0.25, 0.3) is 11.0 Å². The summed E-state index contributed by atoms with van der Waals surface area (Å²) in [5.41, 5.74) is 3.79. The Morgan fingerprint density at radius 2 is 1.89 bits per heavy atom. The lowest BCUT2D eigenvalue weighted by Gasteiger charge is -2.12. The standard InChI is InChI=1S/C28H25N5O4S/c1-38(36,37)25-14-19(5-6-23(25)18-33-11-3-2-4-26(33)34)13-24-15-22(8-9-29-24)28(35)32-17-20-12-21-7-10-30-27(21)31-16-20/h2-12,14-16H,13,17-18H2,1H3,(H,30,31)(H,32,35). The molecule has 0 aliphatic carbocycles. The number of hydrogen-bond acceptors (Lipinski definition) is 6. The molecule has 0 saturated heterocycles. The van der Waals surface area contributed by atoms with Crippen LogP contribution in [0.4, 0.5) is 0 Å². The van der Waals surface area contributed by atoms with Crippen molar-refractivity contribution in [2.24, 2.45) is 0 Å². The Balaban J connectivity index is 1.32. The molecule has 9 nitrogen and oxygen atoms in total. The van der Waals surface area contributed by atoms with Crippen molar-refractivity contribution in [2.75, 3.05) is 6.26 Å². The third kappa shape index (κ3) is 5.70. The van der Waals surface area contributed by atoms with Gasteiger partial charge in [0.25, 0.3) is 11.5 Å². The molecule has 1 aromatic carbocycles. The lowest BCUT2D eigenvalue weighted by molar-refractivity contribution is 0.0950. The van der Waals surface area contributed by atoms with Gasteiger partial charge in [0.1, 0.15) is 5.65 Å². The van der Waals surface area contributed by atoms with E-state index >= 15 is 0 Å². The van der Waals surface area contributed by atoms with E-state index in [1.54, 1.807) is 55.0 Å². The number of aromatic nitrogens is 4. The monoisotopic (exact) mass is 527 g/mol. The molecular formula is C28H25N5O4S. The van der Waals surface area contributed by atoms with Crippen LogP contribution in [0.1, 0.15) is 32.7 Å². The molecule has 38 heavy (non-hydrogen) atoms. The molecule has 10 heteroatoms. The fourth-order valence-corrected chi connectivity index (χ4v) is 5.23. The SMILES string of the molecule is CS(=O)(=O)c1cc(Cc2cc(C(=O)NCc3cnc4[nH]ccc4c3)ccn2)ccc1Cn1ccccc1=O. The van der Waals surface area contributed by atoms with Crippen molar-refractivity contribution in [1.82, 2.24) is 24.8 Å². The van der Waals surface area contributed by atoms with Crippen LogP contribution in [0.15, 0.2) is 95.1 Å². The first kappa shape index (κ1) is 25.1. The van der Waals surface area contributed by atoms with Gasteiger partial charge >= 0.3 is 0 Å². The highest BCUT2D eigenvalue weighted by molar-refractivity contribution is 7.90. The number of fused-ring (bicyclic) bond motifs is 1. The lowest BCUT2D eigenvalue weighted by atomic mass is 10.1. The van der Waals surface area contributed by atoms with Gasteiger partial charge in [0.2, 0.25) is 0 Å². The van der Waals surface area contributed by atoms with E-state index < -0.39 is 9.84 Å². The summed E-state index contributed by atoms with van der Waals surface area (Å²) in [6.07, 6.45) is 8.20. The molecule has 4 heterocycles. The fourth-order valence-electron chi connectivity index (χ4n) is 4.25. The molecule has 2 N–H and O–H groups in total. The maximum Gasteiger partial charge on any atom is 0.251 e. The predicted octanol–water partition coefficient (Wildman–Crippen LogP) is 3.09. The Morgan fingerprint density at radius 1 is 1.03 bits per heavy atom. The summed E-state index contributed by atoms with van der Waals surface area (Å²) in [7, 11) is -3.55. The van der Waals surface area contributed by atoms with Gasteiger partial charge < -0.3 is 14.9 Å². The normalized spacial score (nSPS) is 11.5. The van der Waals surface area contributed by atoms with Crippen LogP contribution in [-0.2, 0) is 29.3 Å². The second-order valence-corrected chi connectivity index (χ2v) is 11.0. The molecule has 0 spiro atoms. The van der Waals surface area contributed by atoms with Crippen molar-refractivity contribution >= 4 is 26.8 Å². The van der Waals surface area contributed by atoms with E-state index in [-0.39, 0.29) is 22.9 Å². The molecule has 4 aromatic heterocycles. The lowest BCUT2D eigenvalue weighted by Crippen LogP contribution is -2.23. The first-order valence-electron chi connectivity index (χ1n) is 11.9. The van der Waals surface area contributed by atoms with Crippen LogP contribution in [0.5, 0.6) is 0 Å². The minimum absolute atomic E-state index is 0.142. The Morgan fingerprint density at radius 3 is 2.71 bits per heavy atom. The van der Waals surface area contributed by atoms with Gasteiger partial charge in [0.15, 0.2) is 9.84 Å². The summed E-state index contributed by atoms with van der Waals surface area (Å²) in [5, 5.41) is 3.87. The van der Waals surface area contributed by atoms with Gasteiger partial charge in [-0.2, -0.15) is 0 Å². The molecule has 0 bridgehead atoms. The number of nitrogens with zero attached hydrogens (tertiary/aromatic N) is 3. The van der Waals surface area contributed by atoms with Crippen LogP contribution in [0, 0.1) is 0 Å². The molecule has 0 saturated carbocycles. The zero-order valence-corrected chi connectivity index (χ0v) is 21.4. The number of hydrogen-bond donors (Lipinski definition) is 2. The van der Waals surface area contributed by atoms with Gasteiger partial charge in [-0.05, 0) is 53.1 Å². The minimum Gasteiger partial charge on any atom is -0.348 e. The second-order valence-electron chi connectivity index (χ2n) is 9.04. The maximum atomic E-state index is 12.8. The Kier molecular flexibility index (Phi) is 6.89. The summed E-state index contributed by atoms with van der Waals surface area (Å²) in [6.45, 7) is 0.469. The number of nitrogens with one attached hydrogen (secondary N) is 2. The van der Waals surface area contributed by atoms with E-state index in [2.05, 4.69) is 20.3 Å². The Hall–Kier alpha value is -4.57. The minimum atomic E-state index is -3.55. The van der Waals surface area contributed by atoms with E-state index in [9.17, 15) is 18.0 Å². The number of amides is 1. The summed E-state index contributed by atoms with van der Waals surface area (Å²) >= 11 is 0. The molecule has 5 rings (SSSR count). The number of benzene rings is 1. The molecule has 0 unspecified atom stereocenters. The number of aromatic amines is 1. The van der Waals surface area contributed by atoms with E-state index in [1.807, 2.05) is 24.4 Å². The van der Waals surface area contributed by atoms with Crippen molar-refractivity contribution in [3.8, 4) is 0 Å². The van der Waals surface area contributed by atoms with E-state index in [4.69, 9.17) is 0 Å². The van der Waals surface area contributed by atoms with Gasteiger partial charge in [-0.25, -0.2) is 13.4 Å². The topological polar surface area (TPSA) is 127 Å². The van der Waals surface area contributed by atoms with Crippen LogP contribution in [0.2, 0.25) is 0 Å². The molecule has 5 aromatic rings. The molecule has 192 valence electrons. The van der Waals surface area contributed by atoms with E-state index in [0.29, 0.717) is 29.8 Å².